The van der Waals surface area contributed by atoms with Gasteiger partial charge < -0.3 is 9.64 Å². The van der Waals surface area contributed by atoms with Gasteiger partial charge >= 0.3 is 11.9 Å². The molecule has 0 N–H and O–H groups in total. The van der Waals surface area contributed by atoms with Gasteiger partial charge in [0.25, 0.3) is 0 Å². The monoisotopic (exact) mass is 231 g/mol. The van der Waals surface area contributed by atoms with Crippen molar-refractivity contribution < 1.29 is 14.3 Å². The molecule has 1 heterocycles. The van der Waals surface area contributed by atoms with Crippen molar-refractivity contribution in [3.05, 3.63) is 0 Å². The maximum atomic E-state index is 11.6. The highest BCUT2D eigenvalue weighted by molar-refractivity contribution is 8.00. The van der Waals surface area contributed by atoms with Crippen molar-refractivity contribution in [1.29, 1.82) is 0 Å². The Morgan fingerprint density at radius 2 is 2.13 bits per heavy atom. The minimum atomic E-state index is -0.736. The summed E-state index contributed by atoms with van der Waals surface area (Å²) in [6.07, 6.45) is 0. The number of hydrogen-bond acceptors (Lipinski definition) is 4. The normalized spacial score (nSPS) is 19.8. The molecule has 1 amide bonds. The van der Waals surface area contributed by atoms with Crippen molar-refractivity contribution in [2.75, 3.05) is 25.4 Å². The van der Waals surface area contributed by atoms with Gasteiger partial charge in [0.1, 0.15) is 0 Å². The lowest BCUT2D eigenvalue weighted by atomic mass is 10.2. The summed E-state index contributed by atoms with van der Waals surface area (Å²) >= 11 is 1.82. The molecule has 0 spiro atoms. The number of carbonyl (C=O) groups excluding carboxylic acids is 2. The van der Waals surface area contributed by atoms with E-state index >= 15 is 0 Å². The van der Waals surface area contributed by atoms with E-state index in [4.69, 9.17) is 0 Å². The summed E-state index contributed by atoms with van der Waals surface area (Å²) in [6, 6.07) is 0. The molecule has 5 heteroatoms. The van der Waals surface area contributed by atoms with Gasteiger partial charge in [-0.15, -0.1) is 0 Å². The smallest absolute Gasteiger partial charge is 0.397 e. The van der Waals surface area contributed by atoms with Crippen LogP contribution in [0.15, 0.2) is 0 Å². The van der Waals surface area contributed by atoms with E-state index in [-0.39, 0.29) is 11.4 Å². The zero-order chi connectivity index (χ0) is 11.5. The summed E-state index contributed by atoms with van der Waals surface area (Å²) in [6.45, 7) is 7.32. The van der Waals surface area contributed by atoms with E-state index in [0.29, 0.717) is 13.1 Å². The van der Waals surface area contributed by atoms with E-state index in [1.54, 1.807) is 11.8 Å². The van der Waals surface area contributed by atoms with Crippen molar-refractivity contribution in [2.45, 2.75) is 25.5 Å². The summed E-state index contributed by atoms with van der Waals surface area (Å²) in [5, 5.41) is 0. The molecule has 0 atom stereocenters. The topological polar surface area (TPSA) is 46.6 Å². The molecule has 0 aliphatic carbocycles. The number of carbonyl (C=O) groups is 2. The molecule has 1 aliphatic heterocycles. The number of esters is 1. The standard InChI is InChI=1S/C10H17NO3S/c1-4-14-9(13)8(12)11-5-6-15-10(2,3)7-11/h4-7H2,1-3H3. The van der Waals surface area contributed by atoms with Gasteiger partial charge in [0.2, 0.25) is 0 Å². The quantitative estimate of drug-likeness (QED) is 0.497. The van der Waals surface area contributed by atoms with Gasteiger partial charge in [-0.25, -0.2) is 4.79 Å². The third kappa shape index (κ3) is 3.41. The molecule has 1 saturated heterocycles. The van der Waals surface area contributed by atoms with E-state index < -0.39 is 11.9 Å². The summed E-state index contributed by atoms with van der Waals surface area (Å²) in [7, 11) is 0. The SMILES string of the molecule is CCOC(=O)C(=O)N1CCSC(C)(C)C1. The molecule has 1 fully saturated rings. The van der Waals surface area contributed by atoms with Crippen LogP contribution in [0.5, 0.6) is 0 Å². The highest BCUT2D eigenvalue weighted by atomic mass is 32.2. The maximum absolute atomic E-state index is 11.6. The molecule has 1 rings (SSSR count). The average molecular weight is 231 g/mol. The molecular formula is C10H17NO3S. The summed E-state index contributed by atoms with van der Waals surface area (Å²) in [4.78, 5) is 24.4. The predicted octanol–water partition coefficient (Wildman–Crippen LogP) is 0.904. The van der Waals surface area contributed by atoms with Crippen LogP contribution in [0.1, 0.15) is 20.8 Å². The molecule has 0 aromatic carbocycles. The van der Waals surface area contributed by atoms with Gasteiger partial charge in [0.05, 0.1) is 6.61 Å². The number of ether oxygens (including phenoxy) is 1. The van der Waals surface area contributed by atoms with Crippen LogP contribution in [0, 0.1) is 0 Å². The van der Waals surface area contributed by atoms with Crippen LogP contribution in [0.3, 0.4) is 0 Å². The van der Waals surface area contributed by atoms with Crippen LogP contribution in [0.4, 0.5) is 0 Å². The molecule has 0 saturated carbocycles. The Morgan fingerprint density at radius 1 is 1.47 bits per heavy atom. The zero-order valence-electron chi connectivity index (χ0n) is 9.41. The van der Waals surface area contributed by atoms with Gasteiger partial charge in [-0.3, -0.25) is 4.79 Å². The minimum absolute atomic E-state index is 0.0282. The fourth-order valence-electron chi connectivity index (χ4n) is 1.51. The molecule has 0 unspecified atom stereocenters. The lowest BCUT2D eigenvalue weighted by molar-refractivity contribution is -0.160. The van der Waals surface area contributed by atoms with E-state index in [1.807, 2.05) is 11.8 Å². The summed E-state index contributed by atoms with van der Waals surface area (Å²) in [5.74, 6) is -0.372. The van der Waals surface area contributed by atoms with E-state index in [2.05, 4.69) is 18.6 Å². The molecular weight excluding hydrogens is 214 g/mol. The van der Waals surface area contributed by atoms with Gasteiger partial charge in [-0.2, -0.15) is 11.8 Å². The number of thioether (sulfide) groups is 1. The molecule has 86 valence electrons. The van der Waals surface area contributed by atoms with Crippen molar-refractivity contribution in [2.24, 2.45) is 0 Å². The largest absolute Gasteiger partial charge is 0.459 e. The molecule has 0 aromatic heterocycles. The van der Waals surface area contributed by atoms with Crippen LogP contribution in [-0.4, -0.2) is 47.0 Å². The van der Waals surface area contributed by atoms with E-state index in [0.717, 1.165) is 5.75 Å². The lowest BCUT2D eigenvalue weighted by Crippen LogP contribution is -2.48. The summed E-state index contributed by atoms with van der Waals surface area (Å²) in [5.41, 5.74) is 0. The molecule has 15 heavy (non-hydrogen) atoms. The second-order valence-electron chi connectivity index (χ2n) is 4.06. The lowest BCUT2D eigenvalue weighted by Gasteiger charge is -2.36. The van der Waals surface area contributed by atoms with Crippen LogP contribution < -0.4 is 0 Å². The van der Waals surface area contributed by atoms with Crippen LogP contribution >= 0.6 is 11.8 Å². The van der Waals surface area contributed by atoms with Crippen molar-refractivity contribution >= 4 is 23.6 Å². The fraction of sp³-hybridized carbons (Fsp3) is 0.800. The van der Waals surface area contributed by atoms with Crippen LogP contribution in [0.25, 0.3) is 0 Å². The average Bonchev–Trinajstić information content (AvgIpc) is 2.15. The van der Waals surface area contributed by atoms with E-state index in [9.17, 15) is 9.59 Å². The first kappa shape index (κ1) is 12.4. The Bertz CT molecular complexity index is 265. The van der Waals surface area contributed by atoms with Gasteiger partial charge in [-0.05, 0) is 20.8 Å². The minimum Gasteiger partial charge on any atom is -0.459 e. The molecule has 0 bridgehead atoms. The third-order valence-corrected chi connectivity index (χ3v) is 3.46. The number of amides is 1. The van der Waals surface area contributed by atoms with Crippen LogP contribution in [0.2, 0.25) is 0 Å². The highest BCUT2D eigenvalue weighted by Gasteiger charge is 2.32. The number of rotatable bonds is 1. The first-order chi connectivity index (χ1) is 6.96. The molecule has 0 aromatic rings. The fourth-order valence-corrected chi connectivity index (χ4v) is 2.62. The van der Waals surface area contributed by atoms with Gasteiger partial charge in [0, 0.05) is 23.6 Å². The zero-order valence-corrected chi connectivity index (χ0v) is 10.2. The second kappa shape index (κ2) is 4.88. The Hall–Kier alpha value is -0.710. The second-order valence-corrected chi connectivity index (χ2v) is 5.86. The molecule has 1 aliphatic rings. The first-order valence-corrected chi connectivity index (χ1v) is 6.05. The predicted molar refractivity (Wildman–Crippen MR) is 59.8 cm³/mol. The number of hydrogen-bond donors (Lipinski definition) is 0. The van der Waals surface area contributed by atoms with Crippen molar-refractivity contribution in [3.63, 3.8) is 0 Å². The van der Waals surface area contributed by atoms with Gasteiger partial charge in [-0.1, -0.05) is 0 Å². The maximum Gasteiger partial charge on any atom is 0.397 e. The molecule has 4 nitrogen and oxygen atoms in total. The van der Waals surface area contributed by atoms with Crippen LogP contribution in [-0.2, 0) is 14.3 Å². The van der Waals surface area contributed by atoms with Crippen molar-refractivity contribution in [3.8, 4) is 0 Å². The highest BCUT2D eigenvalue weighted by Crippen LogP contribution is 2.29. The first-order valence-electron chi connectivity index (χ1n) is 5.06. The third-order valence-electron chi connectivity index (χ3n) is 2.16. The van der Waals surface area contributed by atoms with E-state index in [1.165, 1.54) is 0 Å². The Morgan fingerprint density at radius 3 is 2.67 bits per heavy atom. The van der Waals surface area contributed by atoms with Gasteiger partial charge in [0.15, 0.2) is 0 Å². The Labute approximate surface area is 94.3 Å². The molecule has 0 radical (unpaired) electrons. The summed E-state index contributed by atoms with van der Waals surface area (Å²) < 4.78 is 4.72. The van der Waals surface area contributed by atoms with Crippen molar-refractivity contribution in [1.82, 2.24) is 4.90 Å². The number of nitrogens with zero attached hydrogens (tertiary/aromatic N) is 1. The Kier molecular flexibility index (Phi) is 4.02. The Balaban J connectivity index is 2.56.